The van der Waals surface area contributed by atoms with Gasteiger partial charge in [0.15, 0.2) is 18.9 Å². The van der Waals surface area contributed by atoms with Crippen LogP contribution in [0.4, 0.5) is 0 Å². The van der Waals surface area contributed by atoms with Crippen molar-refractivity contribution < 1.29 is 84.6 Å². The minimum Gasteiger partial charge on any atom is -0.395 e. The highest BCUT2D eigenvalue weighted by molar-refractivity contribution is 4.97. The summed E-state index contributed by atoms with van der Waals surface area (Å²) >= 11 is 0. The van der Waals surface area contributed by atoms with Crippen LogP contribution in [0, 0.1) is 0 Å². The fourth-order valence-corrected chi connectivity index (χ4v) is 5.41. The first-order valence-electron chi connectivity index (χ1n) is 13.4. The van der Waals surface area contributed by atoms with Crippen LogP contribution in [0.15, 0.2) is 0 Å². The second-order valence-corrected chi connectivity index (χ2v) is 10.7. The SMILES string of the molecule is C[C@H]1O[C@@H](O[C@H]2[C@H](O)[C@@H](O)[C@@H](O[C@H]3[C@H](O)CN[C@@H]3CO)O[C@@H]2CO)[C@H](O)[C@@H](O)[C@@H]1O[C@H]1O[C@H](CO)[C@@H](O)[C@H](O)[C@H]1O. The zero-order valence-electron chi connectivity index (χ0n) is 22.1. The predicted octanol–water partition coefficient (Wildman–Crippen LogP) is -7.83. The number of rotatable bonds is 9. The molecule has 4 aliphatic heterocycles. The third-order valence-corrected chi connectivity index (χ3v) is 7.88. The molecule has 0 amide bonds. The molecule has 0 aromatic carbocycles. The molecule has 12 N–H and O–H groups in total. The summed E-state index contributed by atoms with van der Waals surface area (Å²) in [6.07, 6.45) is -25.7. The first-order valence-corrected chi connectivity index (χ1v) is 13.4. The van der Waals surface area contributed by atoms with Gasteiger partial charge in [-0.05, 0) is 6.92 Å². The Balaban J connectivity index is 1.39. The molecule has 0 unspecified atom stereocenters. The van der Waals surface area contributed by atoms with Gasteiger partial charge in [-0.25, -0.2) is 0 Å². The van der Waals surface area contributed by atoms with Gasteiger partial charge in [-0.15, -0.1) is 0 Å². The maximum atomic E-state index is 10.8. The highest BCUT2D eigenvalue weighted by atomic mass is 16.8. The number of hydrogen-bond acceptors (Lipinski definition) is 18. The van der Waals surface area contributed by atoms with Gasteiger partial charge in [-0.2, -0.15) is 0 Å². The molecule has 4 fully saturated rings. The highest BCUT2D eigenvalue weighted by Crippen LogP contribution is 2.33. The van der Waals surface area contributed by atoms with Crippen LogP contribution in [0.3, 0.4) is 0 Å². The summed E-state index contributed by atoms with van der Waals surface area (Å²) in [6, 6.07) is -0.675. The fraction of sp³-hybridized carbons (Fsp3) is 1.00. The topological polar surface area (TPSA) is 290 Å². The van der Waals surface area contributed by atoms with Gasteiger partial charge in [-0.3, -0.25) is 0 Å². The number of nitrogens with one attached hydrogen (secondary N) is 1. The number of ether oxygens (including phenoxy) is 6. The quantitative estimate of drug-likeness (QED) is 0.116. The fourth-order valence-electron chi connectivity index (χ4n) is 5.41. The van der Waals surface area contributed by atoms with Gasteiger partial charge in [0.25, 0.3) is 0 Å². The number of aliphatic hydroxyl groups is 11. The standard InChI is InChI=1S/C23H41NO17/c1-6-18(39-22-15(33)12(30)11(29)9(4-26)37-22)13(31)16(34)21(36-6)41-20-10(5-27)38-23(17(35)14(20)32)40-19-7(3-25)24-2-8(19)28/h6-35H,2-5H2,1H3/t6-,7-,8-,9-,10-,11-,12+,13-,14-,15-,16-,17-,18-,19-,20-,21+,22-,23-/m1/s1. The molecule has 4 saturated heterocycles. The summed E-state index contributed by atoms with van der Waals surface area (Å²) in [6.45, 7) is -0.324. The van der Waals surface area contributed by atoms with E-state index in [0.717, 1.165) is 0 Å². The molecule has 0 spiro atoms. The van der Waals surface area contributed by atoms with Gasteiger partial charge in [0.2, 0.25) is 0 Å². The van der Waals surface area contributed by atoms with E-state index in [4.69, 9.17) is 28.4 Å². The van der Waals surface area contributed by atoms with Gasteiger partial charge < -0.3 is 89.9 Å². The second kappa shape index (κ2) is 13.9. The van der Waals surface area contributed by atoms with Gasteiger partial charge in [0.1, 0.15) is 73.2 Å². The molecule has 4 rings (SSSR count). The lowest BCUT2D eigenvalue weighted by molar-refractivity contribution is -0.378. The van der Waals surface area contributed by atoms with E-state index < -0.39 is 124 Å². The molecular weight excluding hydrogens is 562 g/mol. The van der Waals surface area contributed by atoms with Crippen molar-refractivity contribution in [3.05, 3.63) is 0 Å². The Labute approximate surface area is 234 Å². The highest BCUT2D eigenvalue weighted by Gasteiger charge is 2.53. The number of aliphatic hydroxyl groups excluding tert-OH is 11. The second-order valence-electron chi connectivity index (χ2n) is 10.7. The minimum absolute atomic E-state index is 0.106. The molecule has 4 heterocycles. The molecule has 0 saturated carbocycles. The van der Waals surface area contributed by atoms with Crippen molar-refractivity contribution in [3.8, 4) is 0 Å². The zero-order chi connectivity index (χ0) is 30.2. The van der Waals surface area contributed by atoms with Crippen LogP contribution in [0.2, 0.25) is 0 Å². The minimum atomic E-state index is -1.84. The van der Waals surface area contributed by atoms with E-state index >= 15 is 0 Å². The van der Waals surface area contributed by atoms with Gasteiger partial charge >= 0.3 is 0 Å². The van der Waals surface area contributed by atoms with Crippen molar-refractivity contribution in [2.75, 3.05) is 26.4 Å². The van der Waals surface area contributed by atoms with Gasteiger partial charge in [0.05, 0.1) is 38.1 Å². The van der Waals surface area contributed by atoms with Crippen molar-refractivity contribution in [1.82, 2.24) is 5.32 Å². The molecule has 18 heteroatoms. The van der Waals surface area contributed by atoms with Crippen molar-refractivity contribution in [1.29, 1.82) is 0 Å². The Bertz CT molecular complexity index is 825. The van der Waals surface area contributed by atoms with E-state index in [-0.39, 0.29) is 13.2 Å². The van der Waals surface area contributed by atoms with Crippen LogP contribution in [-0.4, -0.2) is 193 Å². The molecule has 18 nitrogen and oxygen atoms in total. The lowest BCUT2D eigenvalue weighted by atomic mass is 9.96. The smallest absolute Gasteiger partial charge is 0.187 e. The third kappa shape index (κ3) is 6.70. The van der Waals surface area contributed by atoms with E-state index in [1.54, 1.807) is 0 Å². The third-order valence-electron chi connectivity index (χ3n) is 7.88. The lowest BCUT2D eigenvalue weighted by Gasteiger charge is -2.48. The van der Waals surface area contributed by atoms with Crippen molar-refractivity contribution in [3.63, 3.8) is 0 Å². The summed E-state index contributed by atoms with van der Waals surface area (Å²) in [4.78, 5) is 0. The summed E-state index contributed by atoms with van der Waals surface area (Å²) in [7, 11) is 0. The molecule has 0 aromatic rings. The predicted molar refractivity (Wildman–Crippen MR) is 127 cm³/mol. The molecule has 0 aliphatic carbocycles. The summed E-state index contributed by atoms with van der Waals surface area (Å²) < 4.78 is 33.3. The molecule has 18 atom stereocenters. The largest absolute Gasteiger partial charge is 0.395 e. The molecular formula is C23H41NO17. The Morgan fingerprint density at radius 3 is 1.63 bits per heavy atom. The molecule has 4 aliphatic rings. The van der Waals surface area contributed by atoms with E-state index in [9.17, 15) is 56.2 Å². The van der Waals surface area contributed by atoms with Crippen molar-refractivity contribution >= 4 is 0 Å². The average molecular weight is 604 g/mol. The lowest BCUT2D eigenvalue weighted by Crippen LogP contribution is -2.66. The van der Waals surface area contributed by atoms with Crippen LogP contribution in [0.25, 0.3) is 0 Å². The summed E-state index contributed by atoms with van der Waals surface area (Å²) in [5.41, 5.74) is 0. The van der Waals surface area contributed by atoms with E-state index in [2.05, 4.69) is 5.32 Å². The van der Waals surface area contributed by atoms with Gasteiger partial charge in [-0.1, -0.05) is 0 Å². The van der Waals surface area contributed by atoms with E-state index in [1.807, 2.05) is 0 Å². The Hall–Kier alpha value is -0.720. The number of β-amino-alcohol motifs (C(OH)–C–C–N with tert-alkyl or cyclic N) is 1. The first kappa shape index (κ1) is 33.2. The Morgan fingerprint density at radius 2 is 1.05 bits per heavy atom. The molecule has 240 valence electrons. The molecule has 0 aromatic heterocycles. The van der Waals surface area contributed by atoms with E-state index in [1.165, 1.54) is 6.92 Å². The maximum Gasteiger partial charge on any atom is 0.187 e. The van der Waals surface area contributed by atoms with Crippen LogP contribution in [0.1, 0.15) is 6.92 Å². The average Bonchev–Trinajstić information content (AvgIpc) is 3.31. The summed E-state index contributed by atoms with van der Waals surface area (Å²) in [5, 5.41) is 115. The van der Waals surface area contributed by atoms with Gasteiger partial charge in [0, 0.05) is 6.54 Å². The maximum absolute atomic E-state index is 10.8. The van der Waals surface area contributed by atoms with Crippen LogP contribution >= 0.6 is 0 Å². The molecule has 0 bridgehead atoms. The zero-order valence-corrected chi connectivity index (χ0v) is 22.1. The van der Waals surface area contributed by atoms with E-state index in [0.29, 0.717) is 0 Å². The summed E-state index contributed by atoms with van der Waals surface area (Å²) in [5.74, 6) is 0. The normalized spacial score (nSPS) is 53.0. The van der Waals surface area contributed by atoms with Crippen molar-refractivity contribution in [2.45, 2.75) is 117 Å². The molecule has 0 radical (unpaired) electrons. The monoisotopic (exact) mass is 603 g/mol. The Morgan fingerprint density at radius 1 is 0.561 bits per heavy atom. The van der Waals surface area contributed by atoms with Crippen LogP contribution in [0.5, 0.6) is 0 Å². The van der Waals surface area contributed by atoms with Crippen molar-refractivity contribution in [2.24, 2.45) is 0 Å². The number of hydrogen-bond donors (Lipinski definition) is 12. The Kier molecular flexibility index (Phi) is 11.3. The molecule has 41 heavy (non-hydrogen) atoms. The first-order chi connectivity index (χ1) is 19.4. The van der Waals surface area contributed by atoms with Crippen LogP contribution < -0.4 is 5.32 Å². The van der Waals surface area contributed by atoms with Crippen LogP contribution in [-0.2, 0) is 28.4 Å².